The van der Waals surface area contributed by atoms with Crippen LogP contribution >= 0.6 is 11.6 Å². The van der Waals surface area contributed by atoms with Crippen LogP contribution < -0.4 is 0 Å². The Labute approximate surface area is 151 Å². The van der Waals surface area contributed by atoms with Gasteiger partial charge in [0.2, 0.25) is 0 Å². The Bertz CT molecular complexity index is 661. The number of rotatable bonds is 0. The molecule has 0 aliphatic carbocycles. The number of cyclic esters (lactones) is 1. The van der Waals surface area contributed by atoms with Crippen molar-refractivity contribution in [1.29, 1.82) is 0 Å². The molecule has 0 spiro atoms. The summed E-state index contributed by atoms with van der Waals surface area (Å²) >= 11 is 6.13. The third-order valence-electron chi connectivity index (χ3n) is 4.80. The molecule has 7 heteroatoms. The van der Waals surface area contributed by atoms with Gasteiger partial charge in [-0.15, -0.1) is 0 Å². The zero-order valence-corrected chi connectivity index (χ0v) is 14.8. The lowest BCUT2D eigenvalue weighted by Crippen LogP contribution is -2.21. The largest absolute Gasteiger partial charge is 0.507 e. The standard InChI is InChI=1S/C18H23ClO6/c1-9-6-15-14(25-15)5-3-2-4-10(20)7-11-16(18(23)24-9)12(21)8-13(22)17(11)19/h8-10,14-15,20-22H,2-7H2,1H3/t9-,10-,14-,15-/m1/s1. The Morgan fingerprint density at radius 2 is 1.88 bits per heavy atom. The molecule has 1 aromatic rings. The van der Waals surface area contributed by atoms with Crippen LogP contribution in [0.1, 0.15) is 54.9 Å². The molecule has 6 nitrogen and oxygen atoms in total. The highest BCUT2D eigenvalue weighted by molar-refractivity contribution is 6.33. The normalized spacial score (nSPS) is 30.6. The summed E-state index contributed by atoms with van der Waals surface area (Å²) in [6, 6.07) is 1.02. The molecule has 3 rings (SSSR count). The molecule has 25 heavy (non-hydrogen) atoms. The number of hydrogen-bond acceptors (Lipinski definition) is 6. The molecule has 3 N–H and O–H groups in total. The van der Waals surface area contributed by atoms with Crippen molar-refractivity contribution in [3.63, 3.8) is 0 Å². The number of esters is 1. The summed E-state index contributed by atoms with van der Waals surface area (Å²) in [6.07, 6.45) is 3.07. The van der Waals surface area contributed by atoms with Crippen molar-refractivity contribution in [2.45, 2.75) is 69.9 Å². The van der Waals surface area contributed by atoms with E-state index in [0.29, 0.717) is 12.8 Å². The molecule has 2 aliphatic heterocycles. The van der Waals surface area contributed by atoms with E-state index in [-0.39, 0.29) is 46.6 Å². The van der Waals surface area contributed by atoms with Crippen molar-refractivity contribution >= 4 is 17.6 Å². The van der Waals surface area contributed by atoms with Crippen LogP contribution in [0.3, 0.4) is 0 Å². The molecule has 1 fully saturated rings. The van der Waals surface area contributed by atoms with Crippen molar-refractivity contribution in [2.24, 2.45) is 0 Å². The lowest BCUT2D eigenvalue weighted by Gasteiger charge is -2.19. The first-order valence-corrected chi connectivity index (χ1v) is 9.02. The van der Waals surface area contributed by atoms with E-state index in [9.17, 15) is 20.1 Å². The molecule has 4 atom stereocenters. The van der Waals surface area contributed by atoms with Crippen molar-refractivity contribution in [2.75, 3.05) is 0 Å². The molecule has 0 aromatic heterocycles. The Kier molecular flexibility index (Phi) is 5.41. The van der Waals surface area contributed by atoms with Crippen LogP contribution in [0.25, 0.3) is 0 Å². The number of fused-ring (bicyclic) bond motifs is 2. The van der Waals surface area contributed by atoms with E-state index in [1.165, 1.54) is 0 Å². The maximum atomic E-state index is 12.6. The molecule has 0 saturated carbocycles. The summed E-state index contributed by atoms with van der Waals surface area (Å²) < 4.78 is 11.0. The highest BCUT2D eigenvalue weighted by Crippen LogP contribution is 2.38. The van der Waals surface area contributed by atoms with Gasteiger partial charge in [-0.05, 0) is 25.3 Å². The van der Waals surface area contributed by atoms with Crippen molar-refractivity contribution < 1.29 is 29.6 Å². The molecule has 138 valence electrons. The number of aliphatic hydroxyl groups is 1. The molecule has 2 heterocycles. The fraction of sp³-hybridized carbons (Fsp3) is 0.611. The molecular weight excluding hydrogens is 348 g/mol. The van der Waals surface area contributed by atoms with E-state index in [1.54, 1.807) is 6.92 Å². The van der Waals surface area contributed by atoms with Gasteiger partial charge in [0, 0.05) is 18.9 Å². The lowest BCUT2D eigenvalue weighted by molar-refractivity contribution is 0.0304. The number of ether oxygens (including phenoxy) is 2. The number of hydrogen-bond donors (Lipinski definition) is 3. The molecule has 1 aromatic carbocycles. The van der Waals surface area contributed by atoms with Gasteiger partial charge < -0.3 is 24.8 Å². The number of carbonyl (C=O) groups is 1. The number of aromatic hydroxyl groups is 2. The summed E-state index contributed by atoms with van der Waals surface area (Å²) in [6.45, 7) is 1.77. The zero-order chi connectivity index (χ0) is 18.1. The molecule has 2 aliphatic rings. The second-order valence-electron chi connectivity index (χ2n) is 6.89. The molecule has 0 unspecified atom stereocenters. The van der Waals surface area contributed by atoms with Crippen molar-refractivity contribution in [3.05, 3.63) is 22.2 Å². The average Bonchev–Trinajstić information content (AvgIpc) is 3.25. The van der Waals surface area contributed by atoms with Crippen LogP contribution in [-0.4, -0.2) is 45.7 Å². The van der Waals surface area contributed by atoms with E-state index in [4.69, 9.17) is 21.1 Å². The molecule has 0 amide bonds. The quantitative estimate of drug-likeness (QED) is 0.479. The minimum Gasteiger partial charge on any atom is -0.507 e. The summed E-state index contributed by atoms with van der Waals surface area (Å²) in [5.74, 6) is -1.46. The van der Waals surface area contributed by atoms with E-state index < -0.39 is 17.8 Å². The molecular formula is C18H23ClO6. The Hall–Kier alpha value is -1.50. The highest BCUT2D eigenvalue weighted by Gasteiger charge is 2.40. The first-order valence-electron chi connectivity index (χ1n) is 8.64. The summed E-state index contributed by atoms with van der Waals surface area (Å²) in [4.78, 5) is 12.6. The van der Waals surface area contributed by atoms with E-state index in [2.05, 4.69) is 0 Å². The Morgan fingerprint density at radius 1 is 1.16 bits per heavy atom. The van der Waals surface area contributed by atoms with E-state index in [0.717, 1.165) is 25.3 Å². The first-order chi connectivity index (χ1) is 11.9. The van der Waals surface area contributed by atoms with Gasteiger partial charge in [0.15, 0.2) is 0 Å². The predicted octanol–water partition coefficient (Wildman–Crippen LogP) is 2.93. The number of epoxide rings is 1. The SMILES string of the molecule is C[C@@H]1C[C@H]2O[C@@H]2CCCC[C@@H](O)Cc2c(Cl)c(O)cc(O)c2C(=O)O1. The Morgan fingerprint density at radius 3 is 2.64 bits per heavy atom. The summed E-state index contributed by atoms with van der Waals surface area (Å²) in [7, 11) is 0. The topological polar surface area (TPSA) is 99.5 Å². The third-order valence-corrected chi connectivity index (χ3v) is 5.22. The van der Waals surface area contributed by atoms with Gasteiger partial charge in [-0.2, -0.15) is 0 Å². The fourth-order valence-corrected chi connectivity index (χ4v) is 3.65. The van der Waals surface area contributed by atoms with Gasteiger partial charge in [0.05, 0.1) is 23.3 Å². The third kappa shape index (κ3) is 4.19. The van der Waals surface area contributed by atoms with E-state index >= 15 is 0 Å². The maximum Gasteiger partial charge on any atom is 0.342 e. The maximum absolute atomic E-state index is 12.6. The van der Waals surface area contributed by atoms with E-state index in [1.807, 2.05) is 0 Å². The van der Waals surface area contributed by atoms with Gasteiger partial charge in [-0.1, -0.05) is 24.4 Å². The average molecular weight is 371 g/mol. The molecule has 0 radical (unpaired) electrons. The molecule has 1 saturated heterocycles. The van der Waals surface area contributed by atoms with Crippen LogP contribution in [0.15, 0.2) is 6.07 Å². The van der Waals surface area contributed by atoms with Crippen LogP contribution in [0.4, 0.5) is 0 Å². The minimum absolute atomic E-state index is 0.0471. The van der Waals surface area contributed by atoms with Crippen LogP contribution in [-0.2, 0) is 15.9 Å². The molecule has 0 bridgehead atoms. The van der Waals surface area contributed by atoms with Crippen LogP contribution in [0.5, 0.6) is 11.5 Å². The van der Waals surface area contributed by atoms with Gasteiger partial charge in [-0.25, -0.2) is 4.79 Å². The summed E-state index contributed by atoms with van der Waals surface area (Å²) in [5, 5.41) is 30.2. The summed E-state index contributed by atoms with van der Waals surface area (Å²) in [5.41, 5.74) is 0.112. The first kappa shape index (κ1) is 18.3. The second kappa shape index (κ2) is 7.40. The number of benzene rings is 1. The number of phenols is 2. The Balaban J connectivity index is 1.92. The number of phenolic OH excluding ortho intramolecular Hbond substituents is 2. The second-order valence-corrected chi connectivity index (χ2v) is 7.27. The van der Waals surface area contributed by atoms with Crippen molar-refractivity contribution in [1.82, 2.24) is 0 Å². The smallest absolute Gasteiger partial charge is 0.342 e. The van der Waals surface area contributed by atoms with Gasteiger partial charge >= 0.3 is 5.97 Å². The predicted molar refractivity (Wildman–Crippen MR) is 91.1 cm³/mol. The minimum atomic E-state index is -0.735. The van der Waals surface area contributed by atoms with Crippen molar-refractivity contribution in [3.8, 4) is 11.5 Å². The monoisotopic (exact) mass is 370 g/mol. The van der Waals surface area contributed by atoms with Gasteiger partial charge in [0.25, 0.3) is 0 Å². The number of carbonyl (C=O) groups excluding carboxylic acids is 1. The number of aliphatic hydroxyl groups excluding tert-OH is 1. The van der Waals surface area contributed by atoms with Gasteiger partial charge in [0.1, 0.15) is 23.2 Å². The number of halogens is 1. The lowest BCUT2D eigenvalue weighted by atomic mass is 9.96. The van der Waals surface area contributed by atoms with Crippen LogP contribution in [0.2, 0.25) is 5.02 Å². The fourth-order valence-electron chi connectivity index (χ4n) is 3.42. The zero-order valence-electron chi connectivity index (χ0n) is 14.1. The van der Waals surface area contributed by atoms with Gasteiger partial charge in [-0.3, -0.25) is 0 Å². The van der Waals surface area contributed by atoms with Crippen LogP contribution in [0, 0.1) is 0 Å². The highest BCUT2D eigenvalue weighted by atomic mass is 35.5.